The van der Waals surface area contributed by atoms with Crippen molar-refractivity contribution in [3.63, 3.8) is 0 Å². The third-order valence-corrected chi connectivity index (χ3v) is 5.19. The summed E-state index contributed by atoms with van der Waals surface area (Å²) in [5, 5.41) is 7.30. The molecule has 3 nitrogen and oxygen atoms in total. The maximum absolute atomic E-state index is 13.0. The summed E-state index contributed by atoms with van der Waals surface area (Å²) >= 11 is 6.00. The highest BCUT2D eigenvalue weighted by atomic mass is 35.5. The van der Waals surface area contributed by atoms with Gasteiger partial charge in [0.1, 0.15) is 0 Å². The first-order chi connectivity index (χ1) is 10.2. The number of benzene rings is 1. The lowest BCUT2D eigenvalue weighted by molar-refractivity contribution is -0.128. The van der Waals surface area contributed by atoms with Crippen LogP contribution in [0.25, 0.3) is 0 Å². The van der Waals surface area contributed by atoms with Gasteiger partial charge in [0.25, 0.3) is 0 Å². The maximum atomic E-state index is 13.0. The Balaban J connectivity index is 0.00000176. The molecule has 1 heterocycles. The summed E-state index contributed by atoms with van der Waals surface area (Å²) in [6, 6.07) is 8.14. The van der Waals surface area contributed by atoms with Gasteiger partial charge in [0.15, 0.2) is 0 Å². The number of carbonyl (C=O) groups is 1. The smallest absolute Gasteiger partial charge is 0.230 e. The Kier molecular flexibility index (Phi) is 6.13. The van der Waals surface area contributed by atoms with Crippen molar-refractivity contribution in [2.45, 2.75) is 50.0 Å². The fraction of sp³-hybridized carbons (Fsp3) is 0.588. The molecule has 0 aromatic heterocycles. The highest BCUT2D eigenvalue weighted by molar-refractivity contribution is 6.30. The second-order valence-electron chi connectivity index (χ2n) is 6.31. The first-order valence-corrected chi connectivity index (χ1v) is 8.36. The predicted molar refractivity (Wildman–Crippen MR) is 92.9 cm³/mol. The monoisotopic (exact) mass is 342 g/mol. The second-order valence-corrected chi connectivity index (χ2v) is 6.75. The standard InChI is InChI=1S/C17H23ClN2O.ClH/c18-14-6-4-13(5-7-14)17(9-2-1-3-10-17)16(21)20-15-8-11-19-12-15;/h4-7,15,19H,1-3,8-12H2,(H,20,21);1H. The molecule has 22 heavy (non-hydrogen) atoms. The molecule has 1 aliphatic carbocycles. The van der Waals surface area contributed by atoms with Crippen molar-refractivity contribution in [2.24, 2.45) is 0 Å². The van der Waals surface area contributed by atoms with Crippen molar-refractivity contribution in [3.8, 4) is 0 Å². The van der Waals surface area contributed by atoms with E-state index >= 15 is 0 Å². The van der Waals surface area contributed by atoms with Gasteiger partial charge < -0.3 is 10.6 Å². The average molecular weight is 343 g/mol. The topological polar surface area (TPSA) is 41.1 Å². The van der Waals surface area contributed by atoms with Crippen molar-refractivity contribution >= 4 is 29.9 Å². The Morgan fingerprint density at radius 1 is 1.18 bits per heavy atom. The minimum atomic E-state index is -0.356. The fourth-order valence-corrected chi connectivity index (χ4v) is 3.80. The molecule has 1 atom stereocenters. The van der Waals surface area contributed by atoms with Crippen molar-refractivity contribution in [1.82, 2.24) is 10.6 Å². The summed E-state index contributed by atoms with van der Waals surface area (Å²) < 4.78 is 0. The molecule has 2 aliphatic rings. The molecular weight excluding hydrogens is 319 g/mol. The van der Waals surface area contributed by atoms with E-state index in [0.29, 0.717) is 0 Å². The number of hydrogen-bond donors (Lipinski definition) is 2. The van der Waals surface area contributed by atoms with Gasteiger partial charge in [0, 0.05) is 17.6 Å². The Morgan fingerprint density at radius 2 is 1.86 bits per heavy atom. The van der Waals surface area contributed by atoms with Gasteiger partial charge in [-0.1, -0.05) is 43.0 Å². The summed E-state index contributed by atoms with van der Waals surface area (Å²) in [4.78, 5) is 13.0. The van der Waals surface area contributed by atoms with E-state index in [9.17, 15) is 4.79 Å². The van der Waals surface area contributed by atoms with Crippen LogP contribution in [-0.2, 0) is 10.2 Å². The molecule has 3 rings (SSSR count). The average Bonchev–Trinajstić information content (AvgIpc) is 3.01. The van der Waals surface area contributed by atoms with Crippen LogP contribution in [0.15, 0.2) is 24.3 Å². The molecule has 122 valence electrons. The number of halogens is 2. The van der Waals surface area contributed by atoms with Crippen molar-refractivity contribution < 1.29 is 4.79 Å². The van der Waals surface area contributed by atoms with E-state index < -0.39 is 0 Å². The zero-order chi connectivity index (χ0) is 14.7. The highest BCUT2D eigenvalue weighted by Crippen LogP contribution is 2.40. The van der Waals surface area contributed by atoms with Crippen molar-refractivity contribution in [2.75, 3.05) is 13.1 Å². The number of carbonyl (C=O) groups excluding carboxylic acids is 1. The first kappa shape index (κ1) is 17.6. The third kappa shape index (κ3) is 3.58. The van der Waals surface area contributed by atoms with E-state index in [0.717, 1.165) is 55.8 Å². The third-order valence-electron chi connectivity index (χ3n) is 4.93. The zero-order valence-corrected chi connectivity index (χ0v) is 14.3. The molecule has 5 heteroatoms. The number of nitrogens with one attached hydrogen (secondary N) is 2. The predicted octanol–water partition coefficient (Wildman–Crippen LogP) is 3.44. The van der Waals surface area contributed by atoms with Gasteiger partial charge >= 0.3 is 0 Å². The molecule has 2 fully saturated rings. The minimum Gasteiger partial charge on any atom is -0.351 e. The molecule has 1 aromatic rings. The van der Waals surface area contributed by atoms with Crippen LogP contribution >= 0.6 is 24.0 Å². The summed E-state index contributed by atoms with van der Waals surface area (Å²) in [6.45, 7) is 1.89. The quantitative estimate of drug-likeness (QED) is 0.883. The molecule has 1 saturated heterocycles. The Bertz CT molecular complexity index is 492. The van der Waals surface area contributed by atoms with Crippen molar-refractivity contribution in [3.05, 3.63) is 34.9 Å². The van der Waals surface area contributed by atoms with Crippen molar-refractivity contribution in [1.29, 1.82) is 0 Å². The van der Waals surface area contributed by atoms with Crippen LogP contribution in [0.5, 0.6) is 0 Å². The summed E-state index contributed by atoms with van der Waals surface area (Å²) in [6.07, 6.45) is 6.40. The molecule has 2 N–H and O–H groups in total. The molecule has 1 aromatic carbocycles. The van der Waals surface area contributed by atoms with E-state index in [1.165, 1.54) is 6.42 Å². The lowest BCUT2D eigenvalue weighted by Crippen LogP contribution is -2.49. The lowest BCUT2D eigenvalue weighted by Gasteiger charge is -2.37. The van der Waals surface area contributed by atoms with E-state index in [1.54, 1.807) is 0 Å². The fourth-order valence-electron chi connectivity index (χ4n) is 3.67. The summed E-state index contributed by atoms with van der Waals surface area (Å²) in [5.74, 6) is 0.207. The number of amides is 1. The van der Waals surface area contributed by atoms with Gasteiger partial charge in [-0.2, -0.15) is 0 Å². The van der Waals surface area contributed by atoms with Crippen LogP contribution in [0.2, 0.25) is 5.02 Å². The van der Waals surface area contributed by atoms with E-state index in [1.807, 2.05) is 24.3 Å². The molecule has 1 unspecified atom stereocenters. The van der Waals surface area contributed by atoms with Crippen LogP contribution in [-0.4, -0.2) is 25.0 Å². The summed E-state index contributed by atoms with van der Waals surface area (Å²) in [5.41, 5.74) is 0.765. The normalized spacial score (nSPS) is 23.6. The van der Waals surface area contributed by atoms with Crippen LogP contribution in [0.3, 0.4) is 0 Å². The SMILES string of the molecule is Cl.O=C(NC1CCNC1)C1(c2ccc(Cl)cc2)CCCCC1. The van der Waals surface area contributed by atoms with Gasteiger partial charge in [-0.3, -0.25) is 4.79 Å². The highest BCUT2D eigenvalue weighted by Gasteiger charge is 2.41. The zero-order valence-electron chi connectivity index (χ0n) is 12.7. The maximum Gasteiger partial charge on any atom is 0.230 e. The molecule has 0 radical (unpaired) electrons. The molecule has 0 spiro atoms. The first-order valence-electron chi connectivity index (χ1n) is 7.98. The van der Waals surface area contributed by atoms with Gasteiger partial charge in [-0.25, -0.2) is 0 Å². The van der Waals surface area contributed by atoms with Gasteiger partial charge in [0.2, 0.25) is 5.91 Å². The molecule has 0 bridgehead atoms. The van der Waals surface area contributed by atoms with Crippen LogP contribution in [0.4, 0.5) is 0 Å². The van der Waals surface area contributed by atoms with E-state index in [-0.39, 0.29) is 29.8 Å². The van der Waals surface area contributed by atoms with Gasteiger partial charge in [-0.15, -0.1) is 12.4 Å². The lowest BCUT2D eigenvalue weighted by atomic mass is 9.68. The van der Waals surface area contributed by atoms with Crippen LogP contribution in [0.1, 0.15) is 44.1 Å². The molecule has 1 aliphatic heterocycles. The van der Waals surface area contributed by atoms with E-state index in [4.69, 9.17) is 11.6 Å². The summed E-state index contributed by atoms with van der Waals surface area (Å²) in [7, 11) is 0. The second kappa shape index (κ2) is 7.67. The van der Waals surface area contributed by atoms with Crippen LogP contribution in [0, 0.1) is 0 Å². The minimum absolute atomic E-state index is 0. The molecule has 1 saturated carbocycles. The molecule has 1 amide bonds. The van der Waals surface area contributed by atoms with Gasteiger partial charge in [0.05, 0.1) is 5.41 Å². The number of hydrogen-bond acceptors (Lipinski definition) is 2. The van der Waals surface area contributed by atoms with E-state index in [2.05, 4.69) is 10.6 Å². The Morgan fingerprint density at radius 3 is 2.45 bits per heavy atom. The van der Waals surface area contributed by atoms with Gasteiger partial charge in [-0.05, 0) is 43.5 Å². The number of rotatable bonds is 3. The van der Waals surface area contributed by atoms with Crippen LogP contribution < -0.4 is 10.6 Å². The Hall–Kier alpha value is -0.770. The largest absolute Gasteiger partial charge is 0.351 e. The molecular formula is C17H24Cl2N2O. The Labute approximate surface area is 143 Å².